The number of methoxy groups -OCH3 is 2. The summed E-state index contributed by atoms with van der Waals surface area (Å²) in [5.41, 5.74) is 1.70. The van der Waals surface area contributed by atoms with Gasteiger partial charge in [-0.25, -0.2) is 0 Å². The summed E-state index contributed by atoms with van der Waals surface area (Å²) < 4.78 is 10.6. The van der Waals surface area contributed by atoms with Gasteiger partial charge in [-0.15, -0.1) is 10.2 Å². The molecule has 0 radical (unpaired) electrons. The maximum Gasteiger partial charge on any atom is 0.276 e. The van der Waals surface area contributed by atoms with E-state index in [1.165, 1.54) is 0 Å². The molecule has 0 saturated heterocycles. The first-order valence-corrected chi connectivity index (χ1v) is 8.85. The van der Waals surface area contributed by atoms with Crippen LogP contribution in [0.4, 0.5) is 11.5 Å². The summed E-state index contributed by atoms with van der Waals surface area (Å²) in [6, 6.07) is 12.3. The second kappa shape index (κ2) is 8.62. The van der Waals surface area contributed by atoms with E-state index >= 15 is 0 Å². The number of hydrogen-bond acceptors (Lipinski definition) is 6. The van der Waals surface area contributed by atoms with Gasteiger partial charge in [0.15, 0.2) is 23.0 Å². The predicted octanol–water partition coefficient (Wildman–Crippen LogP) is 3.71. The third-order valence-corrected chi connectivity index (χ3v) is 4.34. The van der Waals surface area contributed by atoms with Crippen LogP contribution >= 0.6 is 11.6 Å². The molecule has 1 amide bonds. The van der Waals surface area contributed by atoms with Gasteiger partial charge in [0.2, 0.25) is 0 Å². The number of halogens is 1. The van der Waals surface area contributed by atoms with Gasteiger partial charge < -0.3 is 20.1 Å². The number of carbonyl (C=O) groups excluding carboxylic acids is 1. The molecule has 1 unspecified atom stereocenters. The van der Waals surface area contributed by atoms with Gasteiger partial charge >= 0.3 is 0 Å². The normalized spacial score (nSPS) is 11.6. The number of amides is 1. The van der Waals surface area contributed by atoms with Crippen LogP contribution in [0.2, 0.25) is 5.02 Å². The highest BCUT2D eigenvalue weighted by Crippen LogP contribution is 2.30. The van der Waals surface area contributed by atoms with Crippen molar-refractivity contribution >= 4 is 29.0 Å². The van der Waals surface area contributed by atoms with Gasteiger partial charge in [-0.05, 0) is 42.8 Å². The lowest BCUT2D eigenvalue weighted by molar-refractivity contribution is 0.0935. The van der Waals surface area contributed by atoms with E-state index in [0.717, 1.165) is 5.56 Å². The largest absolute Gasteiger partial charge is 0.493 e. The highest BCUT2D eigenvalue weighted by atomic mass is 35.5. The molecule has 0 saturated carbocycles. The molecule has 0 aliphatic heterocycles. The lowest BCUT2D eigenvalue weighted by atomic mass is 10.1. The smallest absolute Gasteiger partial charge is 0.276 e. The molecule has 3 N–H and O–H groups in total. The fraction of sp³-hybridized carbons (Fsp3) is 0.211. The first-order valence-electron chi connectivity index (χ1n) is 8.48. The molecule has 0 spiro atoms. The van der Waals surface area contributed by atoms with Gasteiger partial charge in [-0.2, -0.15) is 5.21 Å². The molecule has 28 heavy (non-hydrogen) atoms. The van der Waals surface area contributed by atoms with E-state index in [0.29, 0.717) is 28.0 Å². The SMILES string of the molecule is COc1ccc(C(C)NC(=O)c2n[nH]nc2Nc2cccc(Cl)c2)cc1OC. The van der Waals surface area contributed by atoms with Crippen molar-refractivity contribution in [2.24, 2.45) is 0 Å². The van der Waals surface area contributed by atoms with E-state index in [-0.39, 0.29) is 17.6 Å². The molecular formula is C19H20ClN5O3. The highest BCUT2D eigenvalue weighted by molar-refractivity contribution is 6.30. The zero-order valence-electron chi connectivity index (χ0n) is 15.6. The fourth-order valence-corrected chi connectivity index (χ4v) is 2.84. The lowest BCUT2D eigenvalue weighted by Crippen LogP contribution is -2.27. The van der Waals surface area contributed by atoms with Crippen molar-refractivity contribution < 1.29 is 14.3 Å². The highest BCUT2D eigenvalue weighted by Gasteiger charge is 2.20. The minimum absolute atomic E-state index is 0.146. The van der Waals surface area contributed by atoms with Crippen molar-refractivity contribution in [3.63, 3.8) is 0 Å². The molecule has 2 aromatic carbocycles. The zero-order chi connectivity index (χ0) is 20.1. The van der Waals surface area contributed by atoms with E-state index in [9.17, 15) is 4.79 Å². The Morgan fingerprint density at radius 3 is 2.61 bits per heavy atom. The summed E-state index contributed by atoms with van der Waals surface area (Å²) in [5.74, 6) is 1.14. The number of aromatic amines is 1. The molecule has 0 bridgehead atoms. The summed E-state index contributed by atoms with van der Waals surface area (Å²) >= 11 is 5.99. The predicted molar refractivity (Wildman–Crippen MR) is 107 cm³/mol. The first-order chi connectivity index (χ1) is 13.5. The third kappa shape index (κ3) is 4.34. The zero-order valence-corrected chi connectivity index (χ0v) is 16.4. The topological polar surface area (TPSA) is 101 Å². The van der Waals surface area contributed by atoms with Crippen molar-refractivity contribution in [1.29, 1.82) is 0 Å². The summed E-state index contributed by atoms with van der Waals surface area (Å²) in [4.78, 5) is 12.7. The van der Waals surface area contributed by atoms with Gasteiger partial charge in [0, 0.05) is 10.7 Å². The number of rotatable bonds is 7. The van der Waals surface area contributed by atoms with E-state index in [1.54, 1.807) is 38.5 Å². The standard InChI is InChI=1S/C19H20ClN5O3/c1-11(12-7-8-15(27-2)16(9-12)28-3)21-19(26)17-18(24-25-23-17)22-14-6-4-5-13(20)10-14/h4-11H,1-3H3,(H,21,26)(H2,22,23,24,25). The van der Waals surface area contributed by atoms with E-state index in [1.807, 2.05) is 25.1 Å². The van der Waals surface area contributed by atoms with Crippen LogP contribution < -0.4 is 20.1 Å². The van der Waals surface area contributed by atoms with Crippen molar-refractivity contribution in [3.05, 3.63) is 58.7 Å². The van der Waals surface area contributed by atoms with Gasteiger partial charge in [-0.1, -0.05) is 23.7 Å². The van der Waals surface area contributed by atoms with Crippen molar-refractivity contribution in [1.82, 2.24) is 20.7 Å². The average Bonchev–Trinajstić information content (AvgIpc) is 3.15. The average molecular weight is 402 g/mol. The number of hydrogen-bond donors (Lipinski definition) is 3. The molecule has 9 heteroatoms. The van der Waals surface area contributed by atoms with Crippen LogP contribution in [-0.4, -0.2) is 35.5 Å². The molecule has 8 nitrogen and oxygen atoms in total. The second-order valence-corrected chi connectivity index (χ2v) is 6.40. The molecule has 3 aromatic rings. The summed E-state index contributed by atoms with van der Waals surface area (Å²) in [6.45, 7) is 1.86. The van der Waals surface area contributed by atoms with Crippen LogP contribution in [0.5, 0.6) is 11.5 Å². The van der Waals surface area contributed by atoms with Crippen LogP contribution in [0.3, 0.4) is 0 Å². The van der Waals surface area contributed by atoms with Gasteiger partial charge in [0.05, 0.1) is 20.3 Å². The first kappa shape index (κ1) is 19.5. The van der Waals surface area contributed by atoms with Crippen LogP contribution in [0.15, 0.2) is 42.5 Å². The minimum Gasteiger partial charge on any atom is -0.493 e. The summed E-state index contributed by atoms with van der Waals surface area (Å²) in [5, 5.41) is 16.9. The number of H-pyrrole nitrogens is 1. The van der Waals surface area contributed by atoms with Crippen molar-refractivity contribution in [2.45, 2.75) is 13.0 Å². The second-order valence-electron chi connectivity index (χ2n) is 5.97. The molecule has 0 fully saturated rings. The van der Waals surface area contributed by atoms with Crippen molar-refractivity contribution in [3.8, 4) is 11.5 Å². The van der Waals surface area contributed by atoms with Gasteiger partial charge in [0.1, 0.15) is 0 Å². The minimum atomic E-state index is -0.374. The maximum absolute atomic E-state index is 12.7. The molecule has 0 aliphatic carbocycles. The maximum atomic E-state index is 12.7. The molecule has 1 heterocycles. The molecule has 1 aromatic heterocycles. The summed E-state index contributed by atoms with van der Waals surface area (Å²) in [6.07, 6.45) is 0. The number of aromatic nitrogens is 3. The number of benzene rings is 2. The van der Waals surface area contributed by atoms with E-state index in [2.05, 4.69) is 26.0 Å². The quantitative estimate of drug-likeness (QED) is 0.558. The fourth-order valence-electron chi connectivity index (χ4n) is 2.65. The number of carbonyl (C=O) groups is 1. The van der Waals surface area contributed by atoms with Crippen LogP contribution in [0.1, 0.15) is 29.0 Å². The number of anilines is 2. The monoisotopic (exact) mass is 401 g/mol. The van der Waals surface area contributed by atoms with Gasteiger partial charge in [-0.3, -0.25) is 4.79 Å². The van der Waals surface area contributed by atoms with E-state index < -0.39 is 0 Å². The lowest BCUT2D eigenvalue weighted by Gasteiger charge is -2.16. The Balaban J connectivity index is 1.74. The molecule has 1 atom stereocenters. The number of nitrogens with one attached hydrogen (secondary N) is 3. The Kier molecular flexibility index (Phi) is 6.00. The van der Waals surface area contributed by atoms with Crippen molar-refractivity contribution in [2.75, 3.05) is 19.5 Å². The van der Waals surface area contributed by atoms with E-state index in [4.69, 9.17) is 21.1 Å². The Labute approximate surface area is 167 Å². The number of ether oxygens (including phenoxy) is 2. The molecule has 3 rings (SSSR count). The van der Waals surface area contributed by atoms with Crippen LogP contribution in [-0.2, 0) is 0 Å². The molecular weight excluding hydrogens is 382 g/mol. The number of nitrogens with zero attached hydrogens (tertiary/aromatic N) is 2. The Hall–Kier alpha value is -3.26. The Bertz CT molecular complexity index is 976. The van der Waals surface area contributed by atoms with Gasteiger partial charge in [0.25, 0.3) is 5.91 Å². The Morgan fingerprint density at radius 2 is 1.89 bits per heavy atom. The molecule has 0 aliphatic rings. The Morgan fingerprint density at radius 1 is 1.11 bits per heavy atom. The molecule has 146 valence electrons. The third-order valence-electron chi connectivity index (χ3n) is 4.11. The summed E-state index contributed by atoms with van der Waals surface area (Å²) in [7, 11) is 3.13. The van der Waals surface area contributed by atoms with Crippen LogP contribution in [0.25, 0.3) is 0 Å². The van der Waals surface area contributed by atoms with Crippen LogP contribution in [0, 0.1) is 0 Å².